The number of nitrogens with zero attached hydrogens (tertiary/aromatic N) is 2. The first-order valence-electron chi connectivity index (χ1n) is 9.26. The Balaban J connectivity index is 1.97. The number of ketones is 1. The zero-order valence-electron chi connectivity index (χ0n) is 16.0. The predicted molar refractivity (Wildman–Crippen MR) is 113 cm³/mol. The molecule has 0 unspecified atom stereocenters. The van der Waals surface area contributed by atoms with Crippen LogP contribution < -0.4 is 0 Å². The summed E-state index contributed by atoms with van der Waals surface area (Å²) >= 11 is 6.32. The Labute approximate surface area is 169 Å². The van der Waals surface area contributed by atoms with Gasteiger partial charge in [-0.1, -0.05) is 35.9 Å². The fraction of sp³-hybridized carbons (Fsp3) is 0.261. The van der Waals surface area contributed by atoms with Crippen molar-refractivity contribution in [2.45, 2.75) is 39.5 Å². The van der Waals surface area contributed by atoms with Crippen LogP contribution in [0.1, 0.15) is 42.9 Å². The highest BCUT2D eigenvalue weighted by Crippen LogP contribution is 2.26. The van der Waals surface area contributed by atoms with Gasteiger partial charge in [0.25, 0.3) is 0 Å². The molecule has 0 N–H and O–H groups in total. The summed E-state index contributed by atoms with van der Waals surface area (Å²) in [6.07, 6.45) is 3.92. The Morgan fingerprint density at radius 3 is 2.68 bits per heavy atom. The van der Waals surface area contributed by atoms with E-state index >= 15 is 0 Å². The predicted octanol–water partition coefficient (Wildman–Crippen LogP) is 5.87. The molecule has 1 heterocycles. The van der Waals surface area contributed by atoms with Crippen LogP contribution in [0.2, 0.25) is 5.02 Å². The maximum atomic E-state index is 13.9. The van der Waals surface area contributed by atoms with Gasteiger partial charge in [-0.15, -0.1) is 0 Å². The van der Waals surface area contributed by atoms with Crippen molar-refractivity contribution in [1.82, 2.24) is 0 Å². The number of rotatable bonds is 6. The smallest absolute Gasteiger partial charge is 0.160 e. The van der Waals surface area contributed by atoms with Crippen LogP contribution in [-0.4, -0.2) is 17.8 Å². The standard InChI is InChI=1S/C23H22ClFN2O/c1-15(28)14-18-12-13-26-23(19-7-3-4-8-20(19)24)27-22(18)11-10-17-6-5-9-21(25)16(17)2/h3-9,13H,10-12,14H2,1-2H3. The first kappa shape index (κ1) is 20.2. The number of halogens is 2. The summed E-state index contributed by atoms with van der Waals surface area (Å²) in [7, 11) is 0. The molecule has 0 aliphatic carbocycles. The van der Waals surface area contributed by atoms with Gasteiger partial charge in [-0.2, -0.15) is 0 Å². The summed E-state index contributed by atoms with van der Waals surface area (Å²) in [4.78, 5) is 21.0. The topological polar surface area (TPSA) is 41.8 Å². The van der Waals surface area contributed by atoms with Gasteiger partial charge in [0.05, 0.1) is 5.02 Å². The Hall–Kier alpha value is -2.59. The molecule has 1 aliphatic heterocycles. The molecule has 2 aromatic carbocycles. The van der Waals surface area contributed by atoms with E-state index in [0.29, 0.717) is 42.1 Å². The Kier molecular flexibility index (Phi) is 6.53. The number of aliphatic imine (C=N–C) groups is 2. The Morgan fingerprint density at radius 1 is 1.14 bits per heavy atom. The number of carbonyl (C=O) groups is 1. The van der Waals surface area contributed by atoms with E-state index in [0.717, 1.165) is 22.4 Å². The van der Waals surface area contributed by atoms with Crippen molar-refractivity contribution in [1.29, 1.82) is 0 Å². The number of benzene rings is 2. The van der Waals surface area contributed by atoms with Gasteiger partial charge in [0.2, 0.25) is 0 Å². The summed E-state index contributed by atoms with van der Waals surface area (Å²) in [6.45, 7) is 3.35. The van der Waals surface area contributed by atoms with Crippen molar-refractivity contribution >= 4 is 29.4 Å². The van der Waals surface area contributed by atoms with Gasteiger partial charge in [0, 0.05) is 30.3 Å². The molecule has 3 nitrogen and oxygen atoms in total. The van der Waals surface area contributed by atoms with E-state index < -0.39 is 0 Å². The van der Waals surface area contributed by atoms with Crippen LogP contribution in [0.5, 0.6) is 0 Å². The van der Waals surface area contributed by atoms with Crippen LogP contribution >= 0.6 is 11.6 Å². The third-order valence-electron chi connectivity index (χ3n) is 4.79. The fourth-order valence-electron chi connectivity index (χ4n) is 3.25. The van der Waals surface area contributed by atoms with Gasteiger partial charge in [0.15, 0.2) is 5.84 Å². The highest BCUT2D eigenvalue weighted by atomic mass is 35.5. The second-order valence-electron chi connectivity index (χ2n) is 6.88. The zero-order chi connectivity index (χ0) is 20.1. The Bertz CT molecular complexity index is 992. The van der Waals surface area contributed by atoms with Crippen molar-refractivity contribution in [2.75, 3.05) is 0 Å². The molecule has 0 spiro atoms. The van der Waals surface area contributed by atoms with Gasteiger partial charge in [-0.25, -0.2) is 14.4 Å². The van der Waals surface area contributed by atoms with Crippen LogP contribution in [0, 0.1) is 12.7 Å². The molecule has 0 saturated carbocycles. The van der Waals surface area contributed by atoms with Crippen molar-refractivity contribution in [3.63, 3.8) is 0 Å². The van der Waals surface area contributed by atoms with Crippen LogP contribution in [0.4, 0.5) is 4.39 Å². The molecular formula is C23H22ClFN2O. The molecule has 144 valence electrons. The van der Waals surface area contributed by atoms with Crippen molar-refractivity contribution in [3.8, 4) is 0 Å². The van der Waals surface area contributed by atoms with Crippen molar-refractivity contribution in [3.05, 3.63) is 81.3 Å². The lowest BCUT2D eigenvalue weighted by Gasteiger charge is -2.11. The SMILES string of the molecule is CC(=O)CC1=C(CCc2cccc(F)c2C)N=C(c2ccccc2Cl)N=CC1. The van der Waals surface area contributed by atoms with E-state index in [9.17, 15) is 9.18 Å². The minimum absolute atomic E-state index is 0.0826. The molecular weight excluding hydrogens is 375 g/mol. The molecule has 5 heteroatoms. The summed E-state index contributed by atoms with van der Waals surface area (Å²) in [5.41, 5.74) is 4.12. The van der Waals surface area contributed by atoms with Gasteiger partial charge >= 0.3 is 0 Å². The summed E-state index contributed by atoms with van der Waals surface area (Å²) in [5, 5.41) is 0.578. The third kappa shape index (κ3) is 4.82. The van der Waals surface area contributed by atoms with E-state index in [1.807, 2.05) is 24.3 Å². The monoisotopic (exact) mass is 396 g/mol. The Morgan fingerprint density at radius 2 is 1.93 bits per heavy atom. The summed E-state index contributed by atoms with van der Waals surface area (Å²) < 4.78 is 13.9. The second kappa shape index (κ2) is 9.07. The number of hydrogen-bond donors (Lipinski definition) is 0. The molecule has 28 heavy (non-hydrogen) atoms. The quantitative estimate of drug-likeness (QED) is 0.601. The molecule has 0 saturated heterocycles. The van der Waals surface area contributed by atoms with Crippen molar-refractivity contribution < 1.29 is 9.18 Å². The lowest BCUT2D eigenvalue weighted by atomic mass is 9.98. The maximum Gasteiger partial charge on any atom is 0.160 e. The second-order valence-corrected chi connectivity index (χ2v) is 7.29. The number of allylic oxidation sites excluding steroid dienone is 2. The minimum atomic E-state index is -0.208. The first-order chi connectivity index (χ1) is 13.5. The highest BCUT2D eigenvalue weighted by Gasteiger charge is 2.16. The molecule has 0 atom stereocenters. The highest BCUT2D eigenvalue weighted by molar-refractivity contribution is 6.34. The normalized spacial score (nSPS) is 14.1. The molecule has 0 radical (unpaired) electrons. The number of Topliss-reactive ketones (excluding diaryl/α,β-unsaturated/α-hetero) is 1. The maximum absolute atomic E-state index is 13.9. The molecule has 3 rings (SSSR count). The van der Waals surface area contributed by atoms with Crippen LogP contribution in [-0.2, 0) is 11.2 Å². The van der Waals surface area contributed by atoms with Crippen molar-refractivity contribution in [2.24, 2.45) is 9.98 Å². The molecule has 0 amide bonds. The van der Waals surface area contributed by atoms with E-state index in [1.54, 1.807) is 32.2 Å². The van der Waals surface area contributed by atoms with Gasteiger partial charge in [0.1, 0.15) is 11.6 Å². The molecule has 0 bridgehead atoms. The average Bonchev–Trinajstić information content (AvgIpc) is 2.85. The molecule has 0 fully saturated rings. The fourth-order valence-corrected chi connectivity index (χ4v) is 3.47. The molecule has 0 aromatic heterocycles. The average molecular weight is 397 g/mol. The van der Waals surface area contributed by atoms with E-state index in [1.165, 1.54) is 6.07 Å². The first-order valence-corrected chi connectivity index (χ1v) is 9.64. The number of aryl methyl sites for hydroxylation is 1. The zero-order valence-corrected chi connectivity index (χ0v) is 16.8. The van der Waals surface area contributed by atoms with E-state index in [-0.39, 0.29) is 11.6 Å². The van der Waals surface area contributed by atoms with Crippen LogP contribution in [0.15, 0.2) is 63.7 Å². The third-order valence-corrected chi connectivity index (χ3v) is 5.12. The van der Waals surface area contributed by atoms with E-state index in [4.69, 9.17) is 16.6 Å². The van der Waals surface area contributed by atoms with E-state index in [2.05, 4.69) is 4.99 Å². The van der Waals surface area contributed by atoms with Crippen LogP contribution in [0.3, 0.4) is 0 Å². The van der Waals surface area contributed by atoms with Gasteiger partial charge < -0.3 is 0 Å². The summed E-state index contributed by atoms with van der Waals surface area (Å²) in [5.74, 6) is 0.411. The lowest BCUT2D eigenvalue weighted by Crippen LogP contribution is -2.02. The van der Waals surface area contributed by atoms with Crippen LogP contribution in [0.25, 0.3) is 0 Å². The number of amidine groups is 1. The number of carbonyl (C=O) groups excluding carboxylic acids is 1. The number of hydrogen-bond acceptors (Lipinski definition) is 3. The lowest BCUT2D eigenvalue weighted by molar-refractivity contribution is -0.116. The minimum Gasteiger partial charge on any atom is -0.300 e. The van der Waals surface area contributed by atoms with Gasteiger partial charge in [-0.05, 0) is 61.6 Å². The summed E-state index contributed by atoms with van der Waals surface area (Å²) in [6, 6.07) is 12.5. The largest absolute Gasteiger partial charge is 0.300 e. The molecule has 1 aliphatic rings. The van der Waals surface area contributed by atoms with Gasteiger partial charge in [-0.3, -0.25) is 4.79 Å². The molecule has 2 aromatic rings.